The van der Waals surface area contributed by atoms with Crippen LogP contribution in [0.2, 0.25) is 0 Å². The number of ether oxygens (including phenoxy) is 1. The molecule has 0 fully saturated rings. The Labute approximate surface area is 158 Å². The van der Waals surface area contributed by atoms with Crippen LogP contribution in [0.1, 0.15) is 40.5 Å². The number of aromatic nitrogens is 2. The first kappa shape index (κ1) is 17.3. The fourth-order valence-corrected chi connectivity index (χ4v) is 3.61. The van der Waals surface area contributed by atoms with Crippen molar-refractivity contribution in [1.82, 2.24) is 9.97 Å². The number of aryl methyl sites for hydroxylation is 3. The Morgan fingerprint density at radius 3 is 2.85 bits per heavy atom. The Morgan fingerprint density at radius 2 is 2.07 bits per heavy atom. The molecule has 1 aromatic carbocycles. The molecule has 27 heavy (non-hydrogen) atoms. The van der Waals surface area contributed by atoms with Crippen LogP contribution in [0.15, 0.2) is 42.7 Å². The quantitative estimate of drug-likeness (QED) is 0.718. The van der Waals surface area contributed by atoms with E-state index >= 15 is 0 Å². The van der Waals surface area contributed by atoms with Crippen molar-refractivity contribution >= 4 is 11.6 Å². The SMILES string of the molecule is CCOc1ccc(NC(=O)c2c[nH]c3c2-c2ncc(C)cc2CCC3)cc1. The molecule has 2 N–H and O–H groups in total. The highest BCUT2D eigenvalue weighted by atomic mass is 16.5. The Kier molecular flexibility index (Phi) is 4.67. The number of amides is 1. The van der Waals surface area contributed by atoms with Gasteiger partial charge >= 0.3 is 0 Å². The molecule has 0 saturated heterocycles. The van der Waals surface area contributed by atoms with Crippen molar-refractivity contribution in [2.45, 2.75) is 33.1 Å². The van der Waals surface area contributed by atoms with Gasteiger partial charge in [-0.1, -0.05) is 6.07 Å². The minimum Gasteiger partial charge on any atom is -0.494 e. The van der Waals surface area contributed by atoms with Gasteiger partial charge in [0.2, 0.25) is 0 Å². The summed E-state index contributed by atoms with van der Waals surface area (Å²) < 4.78 is 5.45. The molecule has 0 unspecified atom stereocenters. The molecule has 2 heterocycles. The Morgan fingerprint density at radius 1 is 1.26 bits per heavy atom. The highest BCUT2D eigenvalue weighted by molar-refractivity contribution is 6.09. The number of benzene rings is 1. The second kappa shape index (κ2) is 7.27. The van der Waals surface area contributed by atoms with E-state index in [1.54, 1.807) is 6.20 Å². The molecule has 0 spiro atoms. The van der Waals surface area contributed by atoms with Crippen molar-refractivity contribution in [2.24, 2.45) is 0 Å². The van der Waals surface area contributed by atoms with E-state index in [-0.39, 0.29) is 5.91 Å². The zero-order valence-corrected chi connectivity index (χ0v) is 15.6. The van der Waals surface area contributed by atoms with Crippen LogP contribution >= 0.6 is 0 Å². The van der Waals surface area contributed by atoms with Crippen LogP contribution in [-0.4, -0.2) is 22.5 Å². The lowest BCUT2D eigenvalue weighted by Crippen LogP contribution is -2.12. The van der Waals surface area contributed by atoms with Crippen LogP contribution in [0.3, 0.4) is 0 Å². The monoisotopic (exact) mass is 361 g/mol. The number of carbonyl (C=O) groups is 1. The van der Waals surface area contributed by atoms with Gasteiger partial charge in [0.1, 0.15) is 5.75 Å². The highest BCUT2D eigenvalue weighted by Gasteiger charge is 2.24. The topological polar surface area (TPSA) is 67.0 Å². The largest absolute Gasteiger partial charge is 0.494 e. The summed E-state index contributed by atoms with van der Waals surface area (Å²) in [4.78, 5) is 20.9. The molecule has 0 aliphatic heterocycles. The molecule has 3 aromatic rings. The maximum absolute atomic E-state index is 13.0. The smallest absolute Gasteiger partial charge is 0.257 e. The number of nitrogens with one attached hydrogen (secondary N) is 2. The minimum absolute atomic E-state index is 0.133. The van der Waals surface area contributed by atoms with Gasteiger partial charge in [-0.15, -0.1) is 0 Å². The lowest BCUT2D eigenvalue weighted by atomic mass is 10.0. The maximum atomic E-state index is 13.0. The molecular formula is C22H23N3O2. The number of pyridine rings is 1. The van der Waals surface area contributed by atoms with Crippen molar-refractivity contribution < 1.29 is 9.53 Å². The van der Waals surface area contributed by atoms with Crippen LogP contribution in [0.4, 0.5) is 5.69 Å². The average Bonchev–Trinajstić information content (AvgIpc) is 2.99. The number of carbonyl (C=O) groups excluding carboxylic acids is 1. The summed E-state index contributed by atoms with van der Waals surface area (Å²) in [6.45, 7) is 4.61. The Bertz CT molecular complexity index is 974. The van der Waals surface area contributed by atoms with Crippen molar-refractivity contribution in [2.75, 3.05) is 11.9 Å². The van der Waals surface area contributed by atoms with Gasteiger partial charge in [-0.25, -0.2) is 0 Å². The zero-order valence-electron chi connectivity index (χ0n) is 15.6. The number of aromatic amines is 1. The number of H-pyrrole nitrogens is 1. The molecule has 0 radical (unpaired) electrons. The number of nitrogens with zero attached hydrogens (tertiary/aromatic N) is 1. The first-order valence-corrected chi connectivity index (χ1v) is 9.36. The number of rotatable bonds is 4. The van der Waals surface area contributed by atoms with Gasteiger partial charge in [0.05, 0.1) is 17.9 Å². The lowest BCUT2D eigenvalue weighted by Gasteiger charge is -2.10. The van der Waals surface area contributed by atoms with Gasteiger partial charge in [-0.3, -0.25) is 9.78 Å². The minimum atomic E-state index is -0.133. The summed E-state index contributed by atoms with van der Waals surface area (Å²) in [5.74, 6) is 0.659. The van der Waals surface area contributed by atoms with Crippen molar-refractivity contribution in [3.05, 3.63) is 65.1 Å². The van der Waals surface area contributed by atoms with E-state index in [0.717, 1.165) is 53.2 Å². The van der Waals surface area contributed by atoms with Crippen LogP contribution in [0.5, 0.6) is 5.75 Å². The van der Waals surface area contributed by atoms with E-state index < -0.39 is 0 Å². The van der Waals surface area contributed by atoms with Crippen LogP contribution in [0, 0.1) is 6.92 Å². The molecule has 0 atom stereocenters. The fraction of sp³-hybridized carbons (Fsp3) is 0.273. The van der Waals surface area contributed by atoms with E-state index in [2.05, 4.69) is 28.3 Å². The molecule has 4 rings (SSSR count). The van der Waals surface area contributed by atoms with Gasteiger partial charge in [0.15, 0.2) is 0 Å². The van der Waals surface area contributed by atoms with Gasteiger partial charge in [0.25, 0.3) is 5.91 Å². The third kappa shape index (κ3) is 3.45. The molecule has 1 aliphatic carbocycles. The summed E-state index contributed by atoms with van der Waals surface area (Å²) in [7, 11) is 0. The molecule has 138 valence electrons. The van der Waals surface area contributed by atoms with E-state index in [1.165, 1.54) is 5.56 Å². The fourth-order valence-electron chi connectivity index (χ4n) is 3.61. The highest BCUT2D eigenvalue weighted by Crippen LogP contribution is 2.34. The van der Waals surface area contributed by atoms with Gasteiger partial charge in [-0.2, -0.15) is 0 Å². The van der Waals surface area contributed by atoms with Gasteiger partial charge in [0, 0.05) is 29.3 Å². The van der Waals surface area contributed by atoms with Crippen molar-refractivity contribution in [3.63, 3.8) is 0 Å². The van der Waals surface area contributed by atoms with Crippen molar-refractivity contribution in [3.8, 4) is 17.0 Å². The predicted octanol–water partition coefficient (Wildman–Crippen LogP) is 4.52. The van der Waals surface area contributed by atoms with E-state index in [4.69, 9.17) is 4.74 Å². The summed E-state index contributed by atoms with van der Waals surface area (Å²) >= 11 is 0. The Balaban J connectivity index is 1.65. The molecular weight excluding hydrogens is 338 g/mol. The number of fused-ring (bicyclic) bond motifs is 3. The Hall–Kier alpha value is -3.08. The number of hydrogen-bond donors (Lipinski definition) is 2. The predicted molar refractivity (Wildman–Crippen MR) is 106 cm³/mol. The summed E-state index contributed by atoms with van der Waals surface area (Å²) in [5.41, 5.74) is 6.68. The molecule has 2 aromatic heterocycles. The molecule has 5 nitrogen and oxygen atoms in total. The standard InChI is InChI=1S/C22H23N3O2/c1-3-27-17-9-7-16(8-10-17)25-22(26)18-13-23-19-6-4-5-15-11-14(2)12-24-21(15)20(18)19/h7-13,23H,3-6H2,1-2H3,(H,25,26). The van der Waals surface area contributed by atoms with E-state index in [1.807, 2.05) is 37.4 Å². The van der Waals surface area contributed by atoms with E-state index in [9.17, 15) is 4.79 Å². The second-order valence-corrected chi connectivity index (χ2v) is 6.84. The first-order valence-electron chi connectivity index (χ1n) is 9.36. The zero-order chi connectivity index (χ0) is 18.8. The second-order valence-electron chi connectivity index (χ2n) is 6.84. The lowest BCUT2D eigenvalue weighted by molar-refractivity contribution is 0.102. The van der Waals surface area contributed by atoms with Crippen LogP contribution in [-0.2, 0) is 12.8 Å². The number of anilines is 1. The molecule has 5 heteroatoms. The molecule has 0 bridgehead atoms. The first-order chi connectivity index (χ1) is 13.2. The molecule has 1 aliphatic rings. The molecule has 1 amide bonds. The van der Waals surface area contributed by atoms with Crippen LogP contribution in [0.25, 0.3) is 11.3 Å². The average molecular weight is 361 g/mol. The third-order valence-electron chi connectivity index (χ3n) is 4.84. The summed E-state index contributed by atoms with van der Waals surface area (Å²) in [5, 5.41) is 2.98. The summed E-state index contributed by atoms with van der Waals surface area (Å²) in [6, 6.07) is 9.60. The molecule has 0 saturated carbocycles. The van der Waals surface area contributed by atoms with E-state index in [0.29, 0.717) is 12.2 Å². The van der Waals surface area contributed by atoms with Crippen LogP contribution < -0.4 is 10.1 Å². The summed E-state index contributed by atoms with van der Waals surface area (Å²) in [6.07, 6.45) is 6.61. The number of hydrogen-bond acceptors (Lipinski definition) is 3. The van der Waals surface area contributed by atoms with Gasteiger partial charge < -0.3 is 15.0 Å². The third-order valence-corrected chi connectivity index (χ3v) is 4.84. The van der Waals surface area contributed by atoms with Crippen molar-refractivity contribution in [1.29, 1.82) is 0 Å². The normalized spacial score (nSPS) is 12.7. The van der Waals surface area contributed by atoms with Gasteiger partial charge in [-0.05, 0) is 68.5 Å². The maximum Gasteiger partial charge on any atom is 0.257 e.